The third-order valence-electron chi connectivity index (χ3n) is 3.25. The first-order chi connectivity index (χ1) is 8.84. The van der Waals surface area contributed by atoms with Gasteiger partial charge in [-0.2, -0.15) is 5.43 Å². The van der Waals surface area contributed by atoms with Crippen LogP contribution in [-0.4, -0.2) is 6.54 Å². The van der Waals surface area contributed by atoms with Gasteiger partial charge in [-0.15, -0.1) is 0 Å². The quantitative estimate of drug-likeness (QED) is 0.831. The number of hydrogen-bond acceptors (Lipinski definition) is 2. The van der Waals surface area contributed by atoms with E-state index >= 15 is 0 Å². The molecule has 0 saturated heterocycles. The molecule has 3 rings (SSSR count). The molecule has 0 fully saturated rings. The lowest BCUT2D eigenvalue weighted by molar-refractivity contribution is 0.274. The fraction of sp³-hybridized carbons (Fsp3) is 0.200. The van der Waals surface area contributed by atoms with E-state index in [4.69, 9.17) is 0 Å². The van der Waals surface area contributed by atoms with Crippen LogP contribution in [0.25, 0.3) is 0 Å². The molecule has 0 radical (unpaired) electrons. The molecule has 18 heavy (non-hydrogen) atoms. The van der Waals surface area contributed by atoms with Crippen LogP contribution in [0, 0.1) is 0 Å². The first-order valence-electron chi connectivity index (χ1n) is 6.15. The van der Waals surface area contributed by atoms with Crippen molar-refractivity contribution in [3.8, 4) is 0 Å². The summed E-state index contributed by atoms with van der Waals surface area (Å²) in [5.74, 6) is 0. The molecule has 1 N–H and O–H groups in total. The van der Waals surface area contributed by atoms with Crippen molar-refractivity contribution < 1.29 is 4.39 Å². The summed E-state index contributed by atoms with van der Waals surface area (Å²) in [4.78, 5) is 0. The number of para-hydroxylation sites is 1. The molecule has 3 heteroatoms. The predicted octanol–water partition coefficient (Wildman–Crippen LogP) is 3.22. The van der Waals surface area contributed by atoms with Crippen molar-refractivity contribution in [3.63, 3.8) is 0 Å². The van der Waals surface area contributed by atoms with E-state index < -0.39 is 6.30 Å². The van der Waals surface area contributed by atoms with Crippen LogP contribution < -0.4 is 10.4 Å². The first-order valence-corrected chi connectivity index (χ1v) is 6.15. The van der Waals surface area contributed by atoms with Gasteiger partial charge in [-0.05, 0) is 18.1 Å². The van der Waals surface area contributed by atoms with E-state index in [0.717, 1.165) is 18.7 Å². The Morgan fingerprint density at radius 2 is 1.72 bits per heavy atom. The fourth-order valence-corrected chi connectivity index (χ4v) is 2.31. The average molecular weight is 242 g/mol. The number of anilines is 1. The van der Waals surface area contributed by atoms with Crippen molar-refractivity contribution >= 4 is 5.69 Å². The normalized spacial score (nSPS) is 15.5. The van der Waals surface area contributed by atoms with E-state index in [2.05, 4.69) is 11.5 Å². The molecule has 2 nitrogen and oxygen atoms in total. The minimum Gasteiger partial charge on any atom is -0.305 e. The second-order valence-corrected chi connectivity index (χ2v) is 4.43. The lowest BCUT2D eigenvalue weighted by atomic mass is 10.2. The van der Waals surface area contributed by atoms with Crippen molar-refractivity contribution in [2.24, 2.45) is 0 Å². The number of alkyl halides is 1. The van der Waals surface area contributed by atoms with Gasteiger partial charge in [-0.3, -0.25) is 0 Å². The van der Waals surface area contributed by atoms with Gasteiger partial charge in [0.15, 0.2) is 6.30 Å². The zero-order chi connectivity index (χ0) is 12.4. The van der Waals surface area contributed by atoms with Gasteiger partial charge in [0.1, 0.15) is 0 Å². The number of hydrogen-bond donors (Lipinski definition) is 1. The highest BCUT2D eigenvalue weighted by atomic mass is 19.1. The molecular formula is C15H15FN2. The fourth-order valence-electron chi connectivity index (χ4n) is 2.31. The van der Waals surface area contributed by atoms with E-state index in [0.29, 0.717) is 5.56 Å². The van der Waals surface area contributed by atoms with Crippen molar-refractivity contribution in [1.29, 1.82) is 0 Å². The van der Waals surface area contributed by atoms with Crippen LogP contribution in [0.4, 0.5) is 10.1 Å². The van der Waals surface area contributed by atoms with Crippen LogP contribution in [-0.2, 0) is 6.42 Å². The van der Waals surface area contributed by atoms with Crippen molar-refractivity contribution in [3.05, 3.63) is 65.7 Å². The van der Waals surface area contributed by atoms with Crippen LogP contribution in [0.15, 0.2) is 54.6 Å². The van der Waals surface area contributed by atoms with Crippen molar-refractivity contribution in [1.82, 2.24) is 5.43 Å². The van der Waals surface area contributed by atoms with E-state index in [1.165, 1.54) is 5.56 Å². The SMILES string of the molecule is FC(NN1CCc2ccccc21)c1ccccc1. The Labute approximate surface area is 106 Å². The summed E-state index contributed by atoms with van der Waals surface area (Å²) in [6.45, 7) is 0.812. The summed E-state index contributed by atoms with van der Waals surface area (Å²) in [7, 11) is 0. The molecule has 0 aliphatic carbocycles. The highest BCUT2D eigenvalue weighted by Gasteiger charge is 2.21. The molecule has 0 saturated carbocycles. The molecule has 1 atom stereocenters. The van der Waals surface area contributed by atoms with Gasteiger partial charge in [0.2, 0.25) is 0 Å². The Hall–Kier alpha value is -1.87. The number of rotatable bonds is 3. The smallest absolute Gasteiger partial charge is 0.193 e. The zero-order valence-electron chi connectivity index (χ0n) is 10.0. The van der Waals surface area contributed by atoms with Gasteiger partial charge in [0.05, 0.1) is 5.69 Å². The maximum Gasteiger partial charge on any atom is 0.193 e. The van der Waals surface area contributed by atoms with Gasteiger partial charge in [-0.1, -0.05) is 48.5 Å². The number of fused-ring (bicyclic) bond motifs is 1. The summed E-state index contributed by atoms with van der Waals surface area (Å²) in [6.07, 6.45) is -0.206. The molecule has 2 aromatic rings. The van der Waals surface area contributed by atoms with Gasteiger partial charge in [0.25, 0.3) is 0 Å². The Kier molecular flexibility index (Phi) is 2.99. The van der Waals surface area contributed by atoms with E-state index in [1.807, 2.05) is 41.4 Å². The standard InChI is InChI=1S/C15H15FN2/c16-15(13-7-2-1-3-8-13)17-18-11-10-12-6-4-5-9-14(12)18/h1-9,15,17H,10-11H2. The molecule has 0 bridgehead atoms. The third-order valence-corrected chi connectivity index (χ3v) is 3.25. The van der Waals surface area contributed by atoms with Crippen LogP contribution >= 0.6 is 0 Å². The maximum atomic E-state index is 14.1. The zero-order valence-corrected chi connectivity index (χ0v) is 10.0. The summed E-state index contributed by atoms with van der Waals surface area (Å²) in [5.41, 5.74) is 5.92. The number of benzene rings is 2. The van der Waals surface area contributed by atoms with Crippen molar-refractivity contribution in [2.45, 2.75) is 12.7 Å². The molecule has 0 amide bonds. The first kappa shape index (κ1) is 11.2. The molecule has 1 aliphatic rings. The van der Waals surface area contributed by atoms with Crippen LogP contribution in [0.2, 0.25) is 0 Å². The Morgan fingerprint density at radius 1 is 1.00 bits per heavy atom. The summed E-state index contributed by atoms with van der Waals surface area (Å²) in [5, 5.41) is 1.90. The number of nitrogens with one attached hydrogen (secondary N) is 1. The van der Waals surface area contributed by atoms with Crippen molar-refractivity contribution in [2.75, 3.05) is 11.6 Å². The minimum absolute atomic E-state index is 0.655. The largest absolute Gasteiger partial charge is 0.305 e. The molecule has 1 heterocycles. The number of hydrazine groups is 1. The van der Waals surface area contributed by atoms with E-state index in [1.54, 1.807) is 12.1 Å². The van der Waals surface area contributed by atoms with Gasteiger partial charge in [0, 0.05) is 12.1 Å². The summed E-state index contributed by atoms with van der Waals surface area (Å²) < 4.78 is 14.1. The molecule has 2 aromatic carbocycles. The molecule has 0 aromatic heterocycles. The minimum atomic E-state index is -1.17. The highest BCUT2D eigenvalue weighted by Crippen LogP contribution is 2.27. The van der Waals surface area contributed by atoms with E-state index in [-0.39, 0.29) is 0 Å². The lowest BCUT2D eigenvalue weighted by Gasteiger charge is -2.23. The maximum absolute atomic E-state index is 14.1. The molecule has 92 valence electrons. The van der Waals surface area contributed by atoms with Gasteiger partial charge in [-0.25, -0.2) is 4.39 Å². The Balaban J connectivity index is 1.75. The van der Waals surface area contributed by atoms with Gasteiger partial charge >= 0.3 is 0 Å². The second kappa shape index (κ2) is 4.78. The monoisotopic (exact) mass is 242 g/mol. The van der Waals surface area contributed by atoms with Crippen LogP contribution in [0.1, 0.15) is 17.4 Å². The van der Waals surface area contributed by atoms with Gasteiger partial charge < -0.3 is 5.01 Å². The number of halogens is 1. The Morgan fingerprint density at radius 3 is 2.56 bits per heavy atom. The molecular weight excluding hydrogens is 227 g/mol. The average Bonchev–Trinajstić information content (AvgIpc) is 2.83. The molecule has 1 aliphatic heterocycles. The van der Waals surface area contributed by atoms with Crippen LogP contribution in [0.5, 0.6) is 0 Å². The Bertz CT molecular complexity index is 527. The molecule has 0 spiro atoms. The molecule has 1 unspecified atom stereocenters. The van der Waals surface area contributed by atoms with E-state index in [9.17, 15) is 4.39 Å². The second-order valence-electron chi connectivity index (χ2n) is 4.43. The highest BCUT2D eigenvalue weighted by molar-refractivity contribution is 5.56. The third kappa shape index (κ3) is 2.09. The predicted molar refractivity (Wildman–Crippen MR) is 70.9 cm³/mol. The van der Waals surface area contributed by atoms with Crippen LogP contribution in [0.3, 0.4) is 0 Å². The number of nitrogens with zero attached hydrogens (tertiary/aromatic N) is 1. The summed E-state index contributed by atoms with van der Waals surface area (Å²) >= 11 is 0. The lowest BCUT2D eigenvalue weighted by Crippen LogP contribution is -2.37. The summed E-state index contributed by atoms with van der Waals surface area (Å²) in [6, 6.07) is 17.3. The topological polar surface area (TPSA) is 15.3 Å².